The van der Waals surface area contributed by atoms with Crippen molar-refractivity contribution in [2.24, 2.45) is 0 Å². The van der Waals surface area contributed by atoms with Gasteiger partial charge in [0.1, 0.15) is 17.5 Å². The van der Waals surface area contributed by atoms with Crippen molar-refractivity contribution in [3.63, 3.8) is 0 Å². The fourth-order valence-corrected chi connectivity index (χ4v) is 3.14. The number of para-hydroxylation sites is 1. The Morgan fingerprint density at radius 1 is 1.33 bits per heavy atom. The summed E-state index contributed by atoms with van der Waals surface area (Å²) in [6.45, 7) is 4.15. The van der Waals surface area contributed by atoms with Crippen LogP contribution in [0.3, 0.4) is 0 Å². The predicted octanol–water partition coefficient (Wildman–Crippen LogP) is 3.54. The molecule has 0 bridgehead atoms. The molecule has 1 aliphatic rings. The van der Waals surface area contributed by atoms with E-state index < -0.39 is 6.10 Å². The third-order valence-electron chi connectivity index (χ3n) is 3.28. The molecule has 94 valence electrons. The van der Waals surface area contributed by atoms with E-state index in [4.69, 9.17) is 4.74 Å². The van der Waals surface area contributed by atoms with Crippen LogP contribution in [0, 0.1) is 0 Å². The average Bonchev–Trinajstić information content (AvgIpc) is 2.91. The van der Waals surface area contributed by atoms with E-state index in [1.165, 1.54) is 5.56 Å². The van der Waals surface area contributed by atoms with Crippen LogP contribution < -0.4 is 4.74 Å². The van der Waals surface area contributed by atoms with Gasteiger partial charge in [-0.25, -0.2) is 0 Å². The lowest BCUT2D eigenvalue weighted by Gasteiger charge is -2.19. The van der Waals surface area contributed by atoms with Gasteiger partial charge in [-0.05, 0) is 41.8 Å². The molecule has 18 heavy (non-hydrogen) atoms. The van der Waals surface area contributed by atoms with Crippen molar-refractivity contribution in [3.8, 4) is 5.75 Å². The molecule has 1 aromatic carbocycles. The minimum absolute atomic E-state index is 0.174. The van der Waals surface area contributed by atoms with Gasteiger partial charge in [-0.1, -0.05) is 18.2 Å². The van der Waals surface area contributed by atoms with Crippen LogP contribution in [-0.4, -0.2) is 10.7 Å². The van der Waals surface area contributed by atoms with Crippen LogP contribution in [-0.2, 0) is 6.42 Å². The maximum atomic E-state index is 10.4. The van der Waals surface area contributed by atoms with E-state index in [0.717, 1.165) is 23.3 Å². The molecule has 2 nitrogen and oxygen atoms in total. The number of aliphatic hydroxyl groups excluding tert-OH is 1. The molecule has 2 aromatic rings. The first kappa shape index (κ1) is 11.8. The molecular weight excluding hydrogens is 244 g/mol. The standard InChI is InChI=1S/C15H16O2S/c1-15(2)8-10-4-3-5-12(14(10)17-15)13(16)11-6-7-18-9-11/h3-7,9,13,16H,8H2,1-2H3. The van der Waals surface area contributed by atoms with Gasteiger partial charge in [0.2, 0.25) is 0 Å². The number of aliphatic hydroxyl groups is 1. The summed E-state index contributed by atoms with van der Waals surface area (Å²) in [5.41, 5.74) is 2.82. The number of benzene rings is 1. The van der Waals surface area contributed by atoms with Crippen molar-refractivity contribution in [2.75, 3.05) is 0 Å². The van der Waals surface area contributed by atoms with Crippen molar-refractivity contribution in [1.29, 1.82) is 0 Å². The summed E-state index contributed by atoms with van der Waals surface area (Å²) in [6, 6.07) is 7.97. The summed E-state index contributed by atoms with van der Waals surface area (Å²) in [6.07, 6.45) is 0.298. The summed E-state index contributed by atoms with van der Waals surface area (Å²) in [7, 11) is 0. The molecule has 1 atom stereocenters. The summed E-state index contributed by atoms with van der Waals surface area (Å²) in [5, 5.41) is 14.4. The fraction of sp³-hybridized carbons (Fsp3) is 0.333. The lowest BCUT2D eigenvalue weighted by atomic mass is 9.97. The van der Waals surface area contributed by atoms with Crippen LogP contribution in [0.25, 0.3) is 0 Å². The molecule has 2 heterocycles. The highest BCUT2D eigenvalue weighted by Crippen LogP contribution is 2.41. The Morgan fingerprint density at radius 2 is 2.17 bits per heavy atom. The van der Waals surface area contributed by atoms with Gasteiger partial charge in [-0.15, -0.1) is 0 Å². The second-order valence-corrected chi connectivity index (χ2v) is 6.11. The van der Waals surface area contributed by atoms with Gasteiger partial charge in [0, 0.05) is 12.0 Å². The van der Waals surface area contributed by atoms with Gasteiger partial charge in [0.15, 0.2) is 0 Å². The molecule has 0 fully saturated rings. The normalized spacial score (nSPS) is 18.2. The van der Waals surface area contributed by atoms with Gasteiger partial charge in [-0.3, -0.25) is 0 Å². The van der Waals surface area contributed by atoms with E-state index in [1.807, 2.05) is 29.0 Å². The molecule has 1 unspecified atom stereocenters. The second kappa shape index (κ2) is 4.11. The largest absolute Gasteiger partial charge is 0.487 e. The van der Waals surface area contributed by atoms with E-state index in [9.17, 15) is 5.11 Å². The molecule has 1 aromatic heterocycles. The van der Waals surface area contributed by atoms with E-state index in [-0.39, 0.29) is 5.60 Å². The molecule has 0 saturated carbocycles. The Balaban J connectivity index is 2.03. The summed E-state index contributed by atoms with van der Waals surface area (Å²) >= 11 is 1.59. The van der Waals surface area contributed by atoms with Crippen LogP contribution in [0.15, 0.2) is 35.0 Å². The maximum absolute atomic E-state index is 10.4. The van der Waals surface area contributed by atoms with Crippen LogP contribution >= 0.6 is 11.3 Å². The summed E-state index contributed by atoms with van der Waals surface area (Å²) < 4.78 is 5.99. The highest BCUT2D eigenvalue weighted by Gasteiger charge is 2.33. The van der Waals surface area contributed by atoms with Gasteiger partial charge in [0.05, 0.1) is 0 Å². The van der Waals surface area contributed by atoms with Crippen molar-refractivity contribution in [1.82, 2.24) is 0 Å². The molecule has 1 aliphatic heterocycles. The van der Waals surface area contributed by atoms with E-state index >= 15 is 0 Å². The monoisotopic (exact) mass is 260 g/mol. The lowest BCUT2D eigenvalue weighted by molar-refractivity contribution is 0.131. The highest BCUT2D eigenvalue weighted by molar-refractivity contribution is 7.07. The average molecular weight is 260 g/mol. The van der Waals surface area contributed by atoms with Crippen LogP contribution in [0.4, 0.5) is 0 Å². The molecule has 0 spiro atoms. The zero-order valence-corrected chi connectivity index (χ0v) is 11.3. The van der Waals surface area contributed by atoms with Crippen LogP contribution in [0.1, 0.15) is 36.6 Å². The molecule has 0 radical (unpaired) electrons. The zero-order chi connectivity index (χ0) is 12.8. The smallest absolute Gasteiger partial charge is 0.129 e. The van der Waals surface area contributed by atoms with Crippen molar-refractivity contribution in [3.05, 3.63) is 51.7 Å². The Morgan fingerprint density at radius 3 is 2.89 bits per heavy atom. The number of hydrogen-bond acceptors (Lipinski definition) is 3. The molecule has 0 aliphatic carbocycles. The topological polar surface area (TPSA) is 29.5 Å². The number of thiophene rings is 1. The van der Waals surface area contributed by atoms with Gasteiger partial charge >= 0.3 is 0 Å². The van der Waals surface area contributed by atoms with Crippen molar-refractivity contribution < 1.29 is 9.84 Å². The molecule has 0 saturated heterocycles. The molecule has 0 amide bonds. The highest BCUT2D eigenvalue weighted by atomic mass is 32.1. The number of ether oxygens (including phenoxy) is 1. The first-order valence-corrected chi connectivity index (χ1v) is 7.02. The molecular formula is C15H16O2S. The van der Waals surface area contributed by atoms with E-state index in [0.29, 0.717) is 0 Å². The van der Waals surface area contributed by atoms with Gasteiger partial charge in [0.25, 0.3) is 0 Å². The Kier molecular flexibility index (Phi) is 2.68. The summed E-state index contributed by atoms with van der Waals surface area (Å²) in [5.74, 6) is 0.862. The number of hydrogen-bond donors (Lipinski definition) is 1. The molecule has 1 N–H and O–H groups in total. The van der Waals surface area contributed by atoms with Gasteiger partial charge < -0.3 is 9.84 Å². The maximum Gasteiger partial charge on any atom is 0.129 e. The first-order valence-electron chi connectivity index (χ1n) is 6.08. The third-order valence-corrected chi connectivity index (χ3v) is 3.98. The van der Waals surface area contributed by atoms with Crippen molar-refractivity contribution >= 4 is 11.3 Å². The SMILES string of the molecule is CC1(C)Cc2cccc(C(O)c3ccsc3)c2O1. The summed E-state index contributed by atoms with van der Waals surface area (Å²) in [4.78, 5) is 0. The quantitative estimate of drug-likeness (QED) is 0.895. The predicted molar refractivity (Wildman–Crippen MR) is 73.2 cm³/mol. The molecule has 3 heteroatoms. The Labute approximate surface area is 111 Å². The fourth-order valence-electron chi connectivity index (χ4n) is 2.46. The minimum Gasteiger partial charge on any atom is -0.487 e. The zero-order valence-electron chi connectivity index (χ0n) is 10.5. The molecule has 3 rings (SSSR count). The first-order chi connectivity index (χ1) is 8.57. The van der Waals surface area contributed by atoms with E-state index in [2.05, 4.69) is 19.9 Å². The Hall–Kier alpha value is -1.32. The van der Waals surface area contributed by atoms with Crippen LogP contribution in [0.2, 0.25) is 0 Å². The lowest BCUT2D eigenvalue weighted by Crippen LogP contribution is -2.25. The Bertz CT molecular complexity index is 558. The number of fused-ring (bicyclic) bond motifs is 1. The number of rotatable bonds is 2. The van der Waals surface area contributed by atoms with Crippen LogP contribution in [0.5, 0.6) is 5.75 Å². The second-order valence-electron chi connectivity index (χ2n) is 5.33. The van der Waals surface area contributed by atoms with Crippen molar-refractivity contribution in [2.45, 2.75) is 32.0 Å². The van der Waals surface area contributed by atoms with Gasteiger partial charge in [-0.2, -0.15) is 11.3 Å². The third kappa shape index (κ3) is 1.93. The van der Waals surface area contributed by atoms with E-state index in [1.54, 1.807) is 11.3 Å². The minimum atomic E-state index is -0.597.